The number of halogens is 2. The van der Waals surface area contributed by atoms with Crippen molar-refractivity contribution in [2.75, 3.05) is 5.75 Å². The molecule has 0 aromatic heterocycles. The number of carbonyl (C=O) groups excluding carboxylic acids is 1. The number of carbonyl (C=O) groups is 1. The van der Waals surface area contributed by atoms with Crippen molar-refractivity contribution in [3.8, 4) is 0 Å². The fraction of sp³-hybridized carbons (Fsp3) is 0.417. The Bertz CT molecular complexity index is 540. The molecule has 0 spiro atoms. The first-order valence-electron chi connectivity index (χ1n) is 5.56. The second-order valence-electron chi connectivity index (χ2n) is 3.89. The van der Waals surface area contributed by atoms with Crippen molar-refractivity contribution in [2.45, 2.75) is 31.1 Å². The average molecular weight is 293 g/mol. The molecule has 0 heterocycles. The zero-order valence-electron chi connectivity index (χ0n) is 9.95. The standard InChI is InChI=1S/C12H14ClFO3S/c1-2-9(15)4-3-7-18(16,17)10-5-6-12(14)11(13)8-10/h5-6,8H,2-4,7H2,1H3. The van der Waals surface area contributed by atoms with E-state index in [1.807, 2.05) is 0 Å². The molecular formula is C12H14ClFO3S. The Morgan fingerprint density at radius 1 is 1.39 bits per heavy atom. The summed E-state index contributed by atoms with van der Waals surface area (Å²) in [6.07, 6.45) is 0.914. The van der Waals surface area contributed by atoms with Crippen LogP contribution in [0.2, 0.25) is 5.02 Å². The Hall–Kier alpha value is -0.940. The van der Waals surface area contributed by atoms with E-state index >= 15 is 0 Å². The Morgan fingerprint density at radius 2 is 2.06 bits per heavy atom. The Kier molecular flexibility index (Phi) is 5.28. The van der Waals surface area contributed by atoms with Crippen molar-refractivity contribution >= 4 is 27.2 Å². The molecule has 0 saturated carbocycles. The van der Waals surface area contributed by atoms with E-state index in [1.54, 1.807) is 6.92 Å². The second-order valence-corrected chi connectivity index (χ2v) is 6.41. The largest absolute Gasteiger partial charge is 0.300 e. The van der Waals surface area contributed by atoms with Gasteiger partial charge >= 0.3 is 0 Å². The summed E-state index contributed by atoms with van der Waals surface area (Å²) in [6, 6.07) is 3.29. The molecule has 0 aliphatic heterocycles. The smallest absolute Gasteiger partial charge is 0.178 e. The Labute approximate surface area is 111 Å². The number of hydrogen-bond acceptors (Lipinski definition) is 3. The second kappa shape index (κ2) is 6.29. The fourth-order valence-electron chi connectivity index (χ4n) is 1.42. The Balaban J connectivity index is 2.74. The molecule has 0 bridgehead atoms. The van der Waals surface area contributed by atoms with Crippen LogP contribution in [0.15, 0.2) is 23.1 Å². The highest BCUT2D eigenvalue weighted by molar-refractivity contribution is 7.91. The van der Waals surface area contributed by atoms with Crippen molar-refractivity contribution in [2.24, 2.45) is 0 Å². The van der Waals surface area contributed by atoms with Gasteiger partial charge < -0.3 is 0 Å². The van der Waals surface area contributed by atoms with Crippen LogP contribution in [-0.4, -0.2) is 20.0 Å². The average Bonchev–Trinajstić information content (AvgIpc) is 2.32. The van der Waals surface area contributed by atoms with E-state index in [-0.39, 0.29) is 34.3 Å². The molecule has 1 rings (SSSR count). The minimum Gasteiger partial charge on any atom is -0.300 e. The van der Waals surface area contributed by atoms with Crippen molar-refractivity contribution in [1.82, 2.24) is 0 Å². The van der Waals surface area contributed by atoms with E-state index in [1.165, 1.54) is 6.07 Å². The molecule has 0 atom stereocenters. The number of rotatable bonds is 6. The molecule has 0 N–H and O–H groups in total. The highest BCUT2D eigenvalue weighted by Crippen LogP contribution is 2.21. The molecule has 6 heteroatoms. The highest BCUT2D eigenvalue weighted by atomic mass is 35.5. The van der Waals surface area contributed by atoms with Crippen LogP contribution in [-0.2, 0) is 14.6 Å². The first-order valence-corrected chi connectivity index (χ1v) is 7.59. The molecule has 1 aromatic rings. The minimum atomic E-state index is -3.51. The molecular weight excluding hydrogens is 279 g/mol. The molecule has 0 saturated heterocycles. The van der Waals surface area contributed by atoms with E-state index in [0.717, 1.165) is 12.1 Å². The van der Waals surface area contributed by atoms with Crippen LogP contribution in [0.5, 0.6) is 0 Å². The molecule has 18 heavy (non-hydrogen) atoms. The van der Waals surface area contributed by atoms with Crippen LogP contribution in [0.25, 0.3) is 0 Å². The topological polar surface area (TPSA) is 51.2 Å². The summed E-state index contributed by atoms with van der Waals surface area (Å²) >= 11 is 5.53. The Morgan fingerprint density at radius 3 is 2.61 bits per heavy atom. The van der Waals surface area contributed by atoms with Crippen LogP contribution in [0, 0.1) is 5.82 Å². The third-order valence-electron chi connectivity index (χ3n) is 2.51. The normalized spacial score (nSPS) is 11.5. The summed E-state index contributed by atoms with van der Waals surface area (Å²) in [6.45, 7) is 1.73. The van der Waals surface area contributed by atoms with E-state index in [0.29, 0.717) is 6.42 Å². The number of sulfone groups is 1. The van der Waals surface area contributed by atoms with Gasteiger partial charge in [0.25, 0.3) is 0 Å². The summed E-state index contributed by atoms with van der Waals surface area (Å²) in [5.74, 6) is -0.764. The minimum absolute atomic E-state index is 0.0159. The van der Waals surface area contributed by atoms with E-state index in [4.69, 9.17) is 11.6 Å². The quantitative estimate of drug-likeness (QED) is 0.757. The molecule has 0 amide bonds. The van der Waals surface area contributed by atoms with Gasteiger partial charge in [0, 0.05) is 12.8 Å². The third-order valence-corrected chi connectivity index (χ3v) is 4.60. The van der Waals surface area contributed by atoms with Gasteiger partial charge in [-0.15, -0.1) is 0 Å². The lowest BCUT2D eigenvalue weighted by atomic mass is 10.2. The number of hydrogen-bond donors (Lipinski definition) is 0. The van der Waals surface area contributed by atoms with Crippen molar-refractivity contribution < 1.29 is 17.6 Å². The lowest BCUT2D eigenvalue weighted by Crippen LogP contribution is -2.09. The maximum atomic E-state index is 12.9. The van der Waals surface area contributed by atoms with Crippen LogP contribution in [0.1, 0.15) is 26.2 Å². The lowest BCUT2D eigenvalue weighted by molar-refractivity contribution is -0.118. The maximum Gasteiger partial charge on any atom is 0.178 e. The monoisotopic (exact) mass is 292 g/mol. The highest BCUT2D eigenvalue weighted by Gasteiger charge is 2.16. The van der Waals surface area contributed by atoms with Gasteiger partial charge in [0.1, 0.15) is 11.6 Å². The summed E-state index contributed by atoms with van der Waals surface area (Å²) in [5.41, 5.74) is 0. The lowest BCUT2D eigenvalue weighted by Gasteiger charge is -2.05. The van der Waals surface area contributed by atoms with Crippen molar-refractivity contribution in [1.29, 1.82) is 0 Å². The molecule has 100 valence electrons. The number of ketones is 1. The van der Waals surface area contributed by atoms with E-state index < -0.39 is 15.7 Å². The predicted octanol–water partition coefficient (Wildman–Crippen LogP) is 3.01. The van der Waals surface area contributed by atoms with Gasteiger partial charge in [-0.25, -0.2) is 12.8 Å². The van der Waals surface area contributed by atoms with Crippen molar-refractivity contribution in [3.05, 3.63) is 29.0 Å². The molecule has 1 aromatic carbocycles. The molecule has 0 aliphatic rings. The van der Waals surface area contributed by atoms with Crippen LogP contribution >= 0.6 is 11.6 Å². The third kappa shape index (κ3) is 4.07. The van der Waals surface area contributed by atoms with Crippen LogP contribution < -0.4 is 0 Å². The van der Waals surface area contributed by atoms with Crippen LogP contribution in [0.4, 0.5) is 4.39 Å². The van der Waals surface area contributed by atoms with Crippen molar-refractivity contribution in [3.63, 3.8) is 0 Å². The molecule has 0 aliphatic carbocycles. The SMILES string of the molecule is CCC(=O)CCCS(=O)(=O)c1ccc(F)c(Cl)c1. The summed E-state index contributed by atoms with van der Waals surface area (Å²) < 4.78 is 36.7. The zero-order valence-corrected chi connectivity index (χ0v) is 11.5. The summed E-state index contributed by atoms with van der Waals surface area (Å²) in [4.78, 5) is 11.1. The van der Waals surface area contributed by atoms with E-state index in [2.05, 4.69) is 0 Å². The fourth-order valence-corrected chi connectivity index (χ4v) is 3.00. The molecule has 0 fully saturated rings. The summed E-state index contributed by atoms with van der Waals surface area (Å²) in [5, 5.41) is -0.222. The molecule has 3 nitrogen and oxygen atoms in total. The molecule has 0 unspecified atom stereocenters. The number of Topliss-reactive ketones (excluding diaryl/α,β-unsaturated/α-hetero) is 1. The predicted molar refractivity (Wildman–Crippen MR) is 68.0 cm³/mol. The molecule has 0 radical (unpaired) electrons. The maximum absolute atomic E-state index is 12.9. The van der Waals surface area contributed by atoms with Gasteiger partial charge in [0.2, 0.25) is 0 Å². The zero-order chi connectivity index (χ0) is 13.8. The van der Waals surface area contributed by atoms with E-state index in [9.17, 15) is 17.6 Å². The van der Waals surface area contributed by atoms with Gasteiger partial charge in [0.05, 0.1) is 15.7 Å². The van der Waals surface area contributed by atoms with Gasteiger partial charge in [0.15, 0.2) is 9.84 Å². The van der Waals surface area contributed by atoms with Gasteiger partial charge in [-0.1, -0.05) is 18.5 Å². The first-order chi connectivity index (χ1) is 8.36. The van der Waals surface area contributed by atoms with Crippen LogP contribution in [0.3, 0.4) is 0 Å². The van der Waals surface area contributed by atoms with Gasteiger partial charge in [-0.3, -0.25) is 4.79 Å². The first kappa shape index (κ1) is 15.1. The van der Waals surface area contributed by atoms with Gasteiger partial charge in [-0.05, 0) is 24.6 Å². The number of benzene rings is 1. The summed E-state index contributed by atoms with van der Waals surface area (Å²) in [7, 11) is -3.51. The van der Waals surface area contributed by atoms with Gasteiger partial charge in [-0.2, -0.15) is 0 Å².